The van der Waals surface area contributed by atoms with Gasteiger partial charge in [-0.2, -0.15) is 11.8 Å². The molecule has 1 rings (SSSR count). The Bertz CT molecular complexity index is 158. The van der Waals surface area contributed by atoms with Crippen LogP contribution in [-0.2, 0) is 4.79 Å². The van der Waals surface area contributed by atoms with Gasteiger partial charge in [0.1, 0.15) is 0 Å². The molecule has 1 saturated heterocycles. The Morgan fingerprint density at radius 3 is 2.27 bits per heavy atom. The highest BCUT2D eigenvalue weighted by Gasteiger charge is 2.26. The van der Waals surface area contributed by atoms with Crippen molar-refractivity contribution in [3.8, 4) is 0 Å². The number of carbonyl (C=O) groups excluding carboxylic acids is 1. The third-order valence-corrected chi connectivity index (χ3v) is 2.93. The summed E-state index contributed by atoms with van der Waals surface area (Å²) in [6.07, 6.45) is 0. The van der Waals surface area contributed by atoms with Crippen LogP contribution >= 0.6 is 11.8 Å². The third kappa shape index (κ3) is 2.40. The number of nitrogens with one attached hydrogen (secondary N) is 1. The molecule has 1 fully saturated rings. The molecule has 1 amide bonds. The molecule has 1 heterocycles. The lowest BCUT2D eigenvalue weighted by Crippen LogP contribution is -2.48. The molecule has 2 nitrogen and oxygen atoms in total. The van der Waals surface area contributed by atoms with Crippen LogP contribution in [0.2, 0.25) is 0 Å². The molecule has 1 aliphatic rings. The van der Waals surface area contributed by atoms with E-state index in [2.05, 4.69) is 5.32 Å². The number of amides is 1. The zero-order valence-corrected chi connectivity index (χ0v) is 8.12. The highest BCUT2D eigenvalue weighted by Crippen LogP contribution is 2.20. The third-order valence-electron chi connectivity index (χ3n) is 1.65. The maximum Gasteiger partial charge on any atom is 0.225 e. The van der Waals surface area contributed by atoms with Crippen LogP contribution in [0.1, 0.15) is 20.8 Å². The minimum absolute atomic E-state index is 0.169. The van der Waals surface area contributed by atoms with Gasteiger partial charge in [0.25, 0.3) is 0 Å². The second-order valence-corrected chi connectivity index (χ2v) is 5.03. The standard InChI is InChI=1S/C8H15NOS/c1-8(2,3)7(10)9-6-4-11-5-6/h6H,4-5H2,1-3H3,(H,9,10). The van der Waals surface area contributed by atoms with Crippen molar-refractivity contribution in [3.05, 3.63) is 0 Å². The normalized spacial score (nSPS) is 19.2. The fourth-order valence-electron chi connectivity index (χ4n) is 0.721. The number of carbonyl (C=O) groups is 1. The summed E-state index contributed by atoms with van der Waals surface area (Å²) in [4.78, 5) is 11.3. The van der Waals surface area contributed by atoms with Gasteiger partial charge in [0.2, 0.25) is 5.91 Å². The van der Waals surface area contributed by atoms with Crippen LogP contribution in [0.15, 0.2) is 0 Å². The Morgan fingerprint density at radius 1 is 1.45 bits per heavy atom. The largest absolute Gasteiger partial charge is 0.351 e. The van der Waals surface area contributed by atoms with Crippen LogP contribution in [0.25, 0.3) is 0 Å². The zero-order valence-electron chi connectivity index (χ0n) is 7.31. The first-order chi connectivity index (χ1) is 5.00. The number of hydrogen-bond acceptors (Lipinski definition) is 2. The van der Waals surface area contributed by atoms with E-state index in [0.717, 1.165) is 11.5 Å². The first kappa shape index (κ1) is 8.91. The van der Waals surface area contributed by atoms with Gasteiger partial charge >= 0.3 is 0 Å². The van der Waals surface area contributed by atoms with Gasteiger partial charge in [-0.3, -0.25) is 4.79 Å². The topological polar surface area (TPSA) is 29.1 Å². The predicted octanol–water partition coefficient (Wildman–Crippen LogP) is 1.26. The molecule has 0 aliphatic carbocycles. The Morgan fingerprint density at radius 2 is 2.00 bits per heavy atom. The highest BCUT2D eigenvalue weighted by atomic mass is 32.2. The van der Waals surface area contributed by atoms with E-state index in [0.29, 0.717) is 6.04 Å². The Labute approximate surface area is 72.1 Å². The quantitative estimate of drug-likeness (QED) is 0.647. The van der Waals surface area contributed by atoms with E-state index in [1.165, 1.54) is 0 Å². The van der Waals surface area contributed by atoms with Crippen molar-refractivity contribution in [3.63, 3.8) is 0 Å². The lowest BCUT2D eigenvalue weighted by molar-refractivity contribution is -0.129. The molecule has 0 spiro atoms. The number of hydrogen-bond donors (Lipinski definition) is 1. The monoisotopic (exact) mass is 173 g/mol. The fraction of sp³-hybridized carbons (Fsp3) is 0.875. The summed E-state index contributed by atoms with van der Waals surface area (Å²) in [5, 5.41) is 3.00. The molecule has 0 atom stereocenters. The van der Waals surface area contributed by atoms with Crippen molar-refractivity contribution in [2.24, 2.45) is 5.41 Å². The van der Waals surface area contributed by atoms with Crippen LogP contribution in [0.3, 0.4) is 0 Å². The number of thioether (sulfide) groups is 1. The van der Waals surface area contributed by atoms with Crippen molar-refractivity contribution in [2.75, 3.05) is 11.5 Å². The molecule has 1 N–H and O–H groups in total. The Hall–Kier alpha value is -0.180. The fourth-order valence-corrected chi connectivity index (χ4v) is 1.36. The molecule has 0 aromatic rings. The van der Waals surface area contributed by atoms with Crippen molar-refractivity contribution in [1.29, 1.82) is 0 Å². The van der Waals surface area contributed by atoms with Crippen LogP contribution in [0.4, 0.5) is 0 Å². The first-order valence-electron chi connectivity index (χ1n) is 3.89. The van der Waals surface area contributed by atoms with E-state index >= 15 is 0 Å². The smallest absolute Gasteiger partial charge is 0.225 e. The average molecular weight is 173 g/mol. The van der Waals surface area contributed by atoms with Crippen LogP contribution < -0.4 is 5.32 Å². The van der Waals surface area contributed by atoms with Gasteiger partial charge < -0.3 is 5.32 Å². The second-order valence-electron chi connectivity index (χ2n) is 3.96. The van der Waals surface area contributed by atoms with Crippen molar-refractivity contribution in [2.45, 2.75) is 26.8 Å². The average Bonchev–Trinajstić information content (AvgIpc) is 1.75. The first-order valence-corrected chi connectivity index (χ1v) is 5.04. The highest BCUT2D eigenvalue weighted by molar-refractivity contribution is 8.00. The summed E-state index contributed by atoms with van der Waals surface area (Å²) in [7, 11) is 0. The van der Waals surface area contributed by atoms with Crippen molar-refractivity contribution >= 4 is 17.7 Å². The van der Waals surface area contributed by atoms with Gasteiger partial charge in [-0.15, -0.1) is 0 Å². The van der Waals surface area contributed by atoms with Crippen molar-refractivity contribution < 1.29 is 4.79 Å². The number of rotatable bonds is 1. The van der Waals surface area contributed by atoms with E-state index < -0.39 is 0 Å². The van der Waals surface area contributed by atoms with Gasteiger partial charge in [-0.25, -0.2) is 0 Å². The van der Waals surface area contributed by atoms with E-state index in [9.17, 15) is 4.79 Å². The van der Waals surface area contributed by atoms with Crippen LogP contribution in [0, 0.1) is 5.41 Å². The van der Waals surface area contributed by atoms with Gasteiger partial charge in [-0.1, -0.05) is 20.8 Å². The maximum absolute atomic E-state index is 11.3. The van der Waals surface area contributed by atoms with Gasteiger partial charge in [0, 0.05) is 23.0 Å². The molecule has 0 bridgehead atoms. The Kier molecular flexibility index (Phi) is 2.47. The summed E-state index contributed by atoms with van der Waals surface area (Å²) in [6.45, 7) is 5.82. The maximum atomic E-state index is 11.3. The lowest BCUT2D eigenvalue weighted by atomic mass is 9.95. The molecule has 0 aromatic carbocycles. The van der Waals surface area contributed by atoms with Gasteiger partial charge in [-0.05, 0) is 0 Å². The summed E-state index contributed by atoms with van der Waals surface area (Å²) < 4.78 is 0. The van der Waals surface area contributed by atoms with E-state index in [4.69, 9.17) is 0 Å². The van der Waals surface area contributed by atoms with E-state index in [1.54, 1.807) is 0 Å². The molecule has 11 heavy (non-hydrogen) atoms. The molecule has 0 saturated carbocycles. The molecule has 0 aromatic heterocycles. The predicted molar refractivity (Wildman–Crippen MR) is 48.7 cm³/mol. The van der Waals surface area contributed by atoms with Gasteiger partial charge in [0.05, 0.1) is 0 Å². The summed E-state index contributed by atoms with van der Waals surface area (Å²) in [5.74, 6) is 2.34. The zero-order chi connectivity index (χ0) is 8.48. The Balaban J connectivity index is 2.30. The molecular formula is C8H15NOS. The van der Waals surface area contributed by atoms with E-state index in [1.807, 2.05) is 32.5 Å². The molecular weight excluding hydrogens is 158 g/mol. The molecule has 64 valence electrons. The minimum atomic E-state index is -0.236. The summed E-state index contributed by atoms with van der Waals surface area (Å²) in [5.41, 5.74) is -0.236. The summed E-state index contributed by atoms with van der Waals surface area (Å²) >= 11 is 1.88. The molecule has 0 radical (unpaired) electrons. The van der Waals surface area contributed by atoms with Crippen molar-refractivity contribution in [1.82, 2.24) is 5.32 Å². The van der Waals surface area contributed by atoms with Crippen LogP contribution in [0.5, 0.6) is 0 Å². The second kappa shape index (κ2) is 3.05. The minimum Gasteiger partial charge on any atom is -0.351 e. The van der Waals surface area contributed by atoms with E-state index in [-0.39, 0.29) is 11.3 Å². The van der Waals surface area contributed by atoms with Gasteiger partial charge in [0.15, 0.2) is 0 Å². The molecule has 3 heteroatoms. The van der Waals surface area contributed by atoms with Crippen LogP contribution in [-0.4, -0.2) is 23.5 Å². The SMILES string of the molecule is CC(C)(C)C(=O)NC1CSC1. The molecule has 1 aliphatic heterocycles. The molecule has 0 unspecified atom stereocenters. The lowest BCUT2D eigenvalue weighted by Gasteiger charge is -2.29. The summed E-state index contributed by atoms with van der Waals surface area (Å²) in [6, 6.07) is 0.437.